The predicted octanol–water partition coefficient (Wildman–Crippen LogP) is 4.76. The van der Waals surface area contributed by atoms with E-state index in [4.69, 9.17) is 13.9 Å². The molecule has 0 saturated carbocycles. The van der Waals surface area contributed by atoms with E-state index in [0.717, 1.165) is 12.0 Å². The lowest BCUT2D eigenvalue weighted by molar-refractivity contribution is -0.484. The highest BCUT2D eigenvalue weighted by Crippen LogP contribution is 2.40. The lowest BCUT2D eigenvalue weighted by atomic mass is 9.84. The maximum Gasteiger partial charge on any atom is 0.417 e. The number of esters is 1. The Morgan fingerprint density at radius 1 is 1.14 bits per heavy atom. The topological polar surface area (TPSA) is 125 Å². The second-order valence-electron chi connectivity index (χ2n) is 11.6. The summed E-state index contributed by atoms with van der Waals surface area (Å²) in [7, 11) is -0.937. The first kappa shape index (κ1) is 29.3. The molecule has 3 atom stereocenters. The summed E-state index contributed by atoms with van der Waals surface area (Å²) in [4.78, 5) is 50.5. The number of ether oxygens (including phenoxy) is 2. The Hall–Kier alpha value is -2.95. The van der Waals surface area contributed by atoms with Crippen molar-refractivity contribution in [2.75, 3.05) is 13.7 Å². The van der Waals surface area contributed by atoms with Crippen molar-refractivity contribution in [3.63, 3.8) is 0 Å². The van der Waals surface area contributed by atoms with Crippen LogP contribution in [0.4, 0.5) is 4.79 Å². The molecule has 2 amide bonds. The average molecular weight is 523 g/mol. The molecule has 0 bridgehead atoms. The van der Waals surface area contributed by atoms with E-state index >= 15 is 0 Å². The van der Waals surface area contributed by atoms with Crippen molar-refractivity contribution in [2.45, 2.75) is 83.7 Å². The van der Waals surface area contributed by atoms with Gasteiger partial charge in [0.15, 0.2) is 0 Å². The molecule has 0 N–H and O–H groups in total. The Morgan fingerprint density at radius 3 is 2.14 bits per heavy atom. The lowest BCUT2D eigenvalue weighted by Gasteiger charge is -2.36. The van der Waals surface area contributed by atoms with Gasteiger partial charge in [0.25, 0.3) is 0 Å². The molecule has 2 unspecified atom stereocenters. The van der Waals surface area contributed by atoms with Gasteiger partial charge < -0.3 is 13.9 Å². The summed E-state index contributed by atoms with van der Waals surface area (Å²) in [5.41, 5.74) is -0.363. The van der Waals surface area contributed by atoms with Crippen LogP contribution in [-0.2, 0) is 19.1 Å². The summed E-state index contributed by atoms with van der Waals surface area (Å²) in [6, 6.07) is 5.66. The molecule has 1 aliphatic heterocycles. The van der Waals surface area contributed by atoms with Crippen LogP contribution in [0.3, 0.4) is 0 Å². The second-order valence-corrected chi connectivity index (χ2v) is 16.3. The van der Waals surface area contributed by atoms with Gasteiger partial charge >= 0.3 is 12.1 Å². The monoisotopic (exact) mass is 522 g/mol. The third kappa shape index (κ3) is 6.83. The van der Waals surface area contributed by atoms with Crippen LogP contribution in [-0.4, -0.2) is 61.4 Å². The Bertz CT molecular complexity index is 995. The summed E-state index contributed by atoms with van der Waals surface area (Å²) in [6.45, 7) is 15.0. The third-order valence-electron chi connectivity index (χ3n) is 6.73. The molecule has 1 saturated heterocycles. The number of imide groups is 1. The number of carbonyl (C=O) groups is 3. The smallest absolute Gasteiger partial charge is 0.417 e. The van der Waals surface area contributed by atoms with Crippen LogP contribution in [0, 0.1) is 16.0 Å². The normalized spacial score (nSPS) is 19.6. The van der Waals surface area contributed by atoms with E-state index in [0.29, 0.717) is 11.3 Å². The Kier molecular flexibility index (Phi) is 8.60. The number of methoxy groups -OCH3 is 1. The highest BCUT2D eigenvalue weighted by molar-refractivity contribution is 6.74. The Morgan fingerprint density at radius 2 is 1.69 bits per heavy atom. The van der Waals surface area contributed by atoms with Gasteiger partial charge in [-0.25, -0.2) is 14.5 Å². The minimum atomic E-state index is -2.09. The van der Waals surface area contributed by atoms with Gasteiger partial charge in [0.2, 0.25) is 20.8 Å². The van der Waals surface area contributed by atoms with Gasteiger partial charge in [0.1, 0.15) is 17.4 Å². The first-order valence-electron chi connectivity index (χ1n) is 11.9. The molecule has 10 nitrogen and oxygen atoms in total. The summed E-state index contributed by atoms with van der Waals surface area (Å²) in [5, 5.41) is 11.6. The van der Waals surface area contributed by atoms with Crippen LogP contribution in [0.2, 0.25) is 18.1 Å². The first-order chi connectivity index (χ1) is 16.4. The number of rotatable bonds is 7. The number of hydrogen-bond donors (Lipinski definition) is 0. The van der Waals surface area contributed by atoms with Crippen LogP contribution >= 0.6 is 0 Å². The molecular formula is C25H38N2O8Si. The number of amides is 2. The molecule has 1 heterocycles. The van der Waals surface area contributed by atoms with Gasteiger partial charge in [-0.2, -0.15) is 0 Å². The molecule has 0 spiro atoms. The maximum absolute atomic E-state index is 13.4. The molecule has 11 heteroatoms. The predicted molar refractivity (Wildman–Crippen MR) is 136 cm³/mol. The molecule has 0 aliphatic carbocycles. The van der Waals surface area contributed by atoms with Crippen LogP contribution in [0.1, 0.15) is 59.4 Å². The Labute approximate surface area is 213 Å². The van der Waals surface area contributed by atoms with E-state index in [2.05, 4.69) is 33.9 Å². The van der Waals surface area contributed by atoms with Gasteiger partial charge in [0.05, 0.1) is 18.9 Å². The van der Waals surface area contributed by atoms with E-state index in [-0.39, 0.29) is 11.5 Å². The quantitative estimate of drug-likeness (QED) is 0.217. The van der Waals surface area contributed by atoms with E-state index in [1.807, 2.05) is 0 Å². The molecule has 2 rings (SSSR count). The zero-order chi connectivity index (χ0) is 27.6. The fraction of sp³-hybridized carbons (Fsp3) is 0.640. The lowest BCUT2D eigenvalue weighted by Crippen LogP contribution is -2.46. The highest BCUT2D eigenvalue weighted by atomic mass is 28.4. The molecule has 36 heavy (non-hydrogen) atoms. The molecule has 0 aromatic heterocycles. The van der Waals surface area contributed by atoms with Crippen molar-refractivity contribution in [3.05, 3.63) is 39.9 Å². The molecule has 1 aromatic rings. The van der Waals surface area contributed by atoms with E-state index in [9.17, 15) is 24.5 Å². The number of benzene rings is 1. The van der Waals surface area contributed by atoms with Crippen molar-refractivity contribution in [2.24, 2.45) is 5.92 Å². The standard InChI is InChI=1S/C25H38N2O8Si/c1-24(2,3)34-23(30)27-20(22(29)33-7)14-18(21(27)28)19(15-26(31)32)16-10-12-17(13-11-16)35-36(8,9)25(4,5)6/h10-13,18-20H,14-15H2,1-9H3/t18?,19?,20-/m0/s1. The third-order valence-corrected chi connectivity index (χ3v) is 11.1. The van der Waals surface area contributed by atoms with Crippen LogP contribution in [0.5, 0.6) is 5.75 Å². The van der Waals surface area contributed by atoms with Gasteiger partial charge in [-0.1, -0.05) is 32.9 Å². The largest absolute Gasteiger partial charge is 0.544 e. The number of likely N-dealkylation sites (tertiary alicyclic amines) is 1. The fourth-order valence-corrected chi connectivity index (χ4v) is 4.87. The molecule has 1 aliphatic rings. The summed E-state index contributed by atoms with van der Waals surface area (Å²) in [6.07, 6.45) is -1.09. The van der Waals surface area contributed by atoms with Gasteiger partial charge in [-0.05, 0) is 63.0 Å². The number of hydrogen-bond acceptors (Lipinski definition) is 8. The highest BCUT2D eigenvalue weighted by Gasteiger charge is 2.52. The number of nitro groups is 1. The summed E-state index contributed by atoms with van der Waals surface area (Å²) in [5.74, 6) is -2.69. The van der Waals surface area contributed by atoms with Crippen molar-refractivity contribution in [3.8, 4) is 5.75 Å². The minimum Gasteiger partial charge on any atom is -0.544 e. The van der Waals surface area contributed by atoms with Gasteiger partial charge in [0, 0.05) is 4.92 Å². The van der Waals surface area contributed by atoms with Crippen molar-refractivity contribution in [1.29, 1.82) is 0 Å². The van der Waals surface area contributed by atoms with Gasteiger partial charge in [-0.15, -0.1) is 0 Å². The second kappa shape index (κ2) is 10.6. The molecule has 200 valence electrons. The zero-order valence-corrected chi connectivity index (χ0v) is 23.6. The maximum atomic E-state index is 13.4. The number of nitrogens with zero attached hydrogens (tertiary/aromatic N) is 2. The molecular weight excluding hydrogens is 484 g/mol. The summed E-state index contributed by atoms with van der Waals surface area (Å²) >= 11 is 0. The SMILES string of the molecule is COC(=O)[C@@H]1CC(C(C[N+](=O)[O-])c2ccc(O[Si](C)(C)C(C)(C)C)cc2)C(=O)N1C(=O)OC(C)(C)C. The molecule has 1 fully saturated rings. The van der Waals surface area contributed by atoms with Crippen molar-refractivity contribution < 1.29 is 33.2 Å². The molecule has 1 aromatic carbocycles. The first-order valence-corrected chi connectivity index (χ1v) is 14.8. The Balaban J connectivity index is 2.41. The minimum absolute atomic E-state index is 0.00981. The average Bonchev–Trinajstić information content (AvgIpc) is 3.06. The van der Waals surface area contributed by atoms with Crippen LogP contribution < -0.4 is 4.43 Å². The van der Waals surface area contributed by atoms with E-state index < -0.39 is 61.2 Å². The summed E-state index contributed by atoms with van der Waals surface area (Å²) < 4.78 is 16.4. The fourth-order valence-electron chi connectivity index (χ4n) is 3.84. The van der Waals surface area contributed by atoms with Crippen molar-refractivity contribution >= 4 is 26.3 Å². The zero-order valence-electron chi connectivity index (χ0n) is 22.6. The van der Waals surface area contributed by atoms with Gasteiger partial charge in [-0.3, -0.25) is 14.9 Å². The van der Waals surface area contributed by atoms with E-state index in [1.54, 1.807) is 45.0 Å². The van der Waals surface area contributed by atoms with Crippen molar-refractivity contribution in [1.82, 2.24) is 4.90 Å². The van der Waals surface area contributed by atoms with E-state index in [1.165, 1.54) is 0 Å². The molecule has 0 radical (unpaired) electrons. The van der Waals surface area contributed by atoms with Crippen LogP contribution in [0.25, 0.3) is 0 Å². The number of carbonyl (C=O) groups excluding carboxylic acids is 3. The van der Waals surface area contributed by atoms with Crippen LogP contribution in [0.15, 0.2) is 24.3 Å².